The van der Waals surface area contributed by atoms with Gasteiger partial charge in [0.2, 0.25) is 21.1 Å². The second-order valence-electron chi connectivity index (χ2n) is 5.30. The second-order valence-corrected chi connectivity index (χ2v) is 9.40. The fourth-order valence-corrected chi connectivity index (χ4v) is 4.77. The van der Waals surface area contributed by atoms with Crippen molar-refractivity contribution in [3.05, 3.63) is 42.5 Å². The molecule has 2 rings (SSSR count). The number of halogens is 2. The zero-order valence-electron chi connectivity index (χ0n) is 14.3. The molecule has 0 aliphatic carbocycles. The van der Waals surface area contributed by atoms with E-state index < -0.39 is 33.6 Å². The second kappa shape index (κ2) is 8.76. The number of carbonyl (C=O) groups excluding carboxylic acids is 1. The number of benzene rings is 1. The van der Waals surface area contributed by atoms with Gasteiger partial charge in [0.15, 0.2) is 16.0 Å². The number of hydrogen-bond acceptors (Lipinski definition) is 7. The van der Waals surface area contributed by atoms with Crippen LogP contribution in [-0.4, -0.2) is 42.6 Å². The Morgan fingerprint density at radius 3 is 2.70 bits per heavy atom. The molecule has 0 unspecified atom stereocenters. The molecule has 12 heteroatoms. The SMILES string of the molecule is C=CCSc1nnc(NC(=O)[C@H](C)N(c2ccc(F)c(F)c2)S(C)(=O)=O)s1. The van der Waals surface area contributed by atoms with Crippen LogP contribution in [0, 0.1) is 11.6 Å². The van der Waals surface area contributed by atoms with Crippen LogP contribution in [-0.2, 0) is 14.8 Å². The van der Waals surface area contributed by atoms with Crippen molar-refractivity contribution >= 4 is 49.8 Å². The van der Waals surface area contributed by atoms with Gasteiger partial charge in [-0.2, -0.15) is 0 Å². The molecule has 0 aliphatic heterocycles. The van der Waals surface area contributed by atoms with E-state index in [-0.39, 0.29) is 10.8 Å². The molecule has 146 valence electrons. The summed E-state index contributed by atoms with van der Waals surface area (Å²) in [6, 6.07) is 1.35. The van der Waals surface area contributed by atoms with Gasteiger partial charge in [-0.25, -0.2) is 17.2 Å². The van der Waals surface area contributed by atoms with Gasteiger partial charge in [0.1, 0.15) is 6.04 Å². The number of aromatic nitrogens is 2. The summed E-state index contributed by atoms with van der Waals surface area (Å²) in [5.41, 5.74) is -0.168. The van der Waals surface area contributed by atoms with E-state index in [0.717, 1.165) is 35.8 Å². The first-order chi connectivity index (χ1) is 12.6. The predicted octanol–water partition coefficient (Wildman–Crippen LogP) is 2.89. The molecule has 1 N–H and O–H groups in total. The average Bonchev–Trinajstić information content (AvgIpc) is 3.02. The summed E-state index contributed by atoms with van der Waals surface area (Å²) in [5, 5.41) is 10.4. The standard InChI is InChI=1S/C15H16F2N4O3S3/c1-4-7-25-15-20-19-14(26-15)18-13(22)9(2)21(27(3,23)24)10-5-6-11(16)12(17)8-10/h4-6,8-9H,1,7H2,2-3H3,(H,18,19,22)/t9-/m0/s1. The van der Waals surface area contributed by atoms with Crippen LogP contribution in [0.1, 0.15) is 6.92 Å². The van der Waals surface area contributed by atoms with Gasteiger partial charge in [-0.1, -0.05) is 29.2 Å². The molecule has 1 heterocycles. The molecule has 0 fully saturated rings. The van der Waals surface area contributed by atoms with E-state index in [9.17, 15) is 22.0 Å². The minimum Gasteiger partial charge on any atom is -0.299 e. The molecule has 0 saturated carbocycles. The highest BCUT2D eigenvalue weighted by atomic mass is 32.2. The number of carbonyl (C=O) groups is 1. The summed E-state index contributed by atoms with van der Waals surface area (Å²) < 4.78 is 52.3. The quantitative estimate of drug-likeness (QED) is 0.390. The number of amides is 1. The van der Waals surface area contributed by atoms with Crippen molar-refractivity contribution in [2.75, 3.05) is 21.6 Å². The first-order valence-electron chi connectivity index (χ1n) is 7.46. The lowest BCUT2D eigenvalue weighted by atomic mass is 10.2. The molecule has 0 bridgehead atoms. The fraction of sp³-hybridized carbons (Fsp3) is 0.267. The topological polar surface area (TPSA) is 92.3 Å². The van der Waals surface area contributed by atoms with E-state index in [0.29, 0.717) is 14.4 Å². The number of sulfonamides is 1. The smallest absolute Gasteiger partial charge is 0.249 e. The summed E-state index contributed by atoms with van der Waals surface area (Å²) >= 11 is 2.50. The van der Waals surface area contributed by atoms with E-state index >= 15 is 0 Å². The van der Waals surface area contributed by atoms with Gasteiger partial charge in [0.25, 0.3) is 0 Å². The maximum absolute atomic E-state index is 13.5. The molecule has 27 heavy (non-hydrogen) atoms. The first kappa shape index (κ1) is 21.3. The molecule has 1 atom stereocenters. The van der Waals surface area contributed by atoms with Crippen LogP contribution in [0.5, 0.6) is 0 Å². The normalized spacial score (nSPS) is 12.4. The molecule has 0 spiro atoms. The van der Waals surface area contributed by atoms with Gasteiger partial charge in [-0.05, 0) is 19.1 Å². The molecular formula is C15H16F2N4O3S3. The summed E-state index contributed by atoms with van der Waals surface area (Å²) in [4.78, 5) is 12.5. The van der Waals surface area contributed by atoms with Gasteiger partial charge < -0.3 is 0 Å². The van der Waals surface area contributed by atoms with Crippen LogP contribution in [0.2, 0.25) is 0 Å². The first-order valence-corrected chi connectivity index (χ1v) is 11.1. The van der Waals surface area contributed by atoms with Crippen molar-refractivity contribution in [3.63, 3.8) is 0 Å². The minimum absolute atomic E-state index is 0.168. The number of nitrogens with one attached hydrogen (secondary N) is 1. The van der Waals surface area contributed by atoms with Crippen LogP contribution in [0.3, 0.4) is 0 Å². The summed E-state index contributed by atoms with van der Waals surface area (Å²) in [6.45, 7) is 4.92. The third kappa shape index (κ3) is 5.47. The Labute approximate surface area is 163 Å². The Bertz CT molecular complexity index is 950. The highest BCUT2D eigenvalue weighted by Gasteiger charge is 2.30. The molecule has 1 aromatic carbocycles. The Kier molecular flexibility index (Phi) is 6.89. The van der Waals surface area contributed by atoms with E-state index in [1.807, 2.05) is 0 Å². The number of nitrogens with zero attached hydrogens (tertiary/aromatic N) is 3. The maximum Gasteiger partial charge on any atom is 0.249 e. The minimum atomic E-state index is -3.96. The molecule has 1 amide bonds. The van der Waals surface area contributed by atoms with Crippen molar-refractivity contribution < 1.29 is 22.0 Å². The fourth-order valence-electron chi connectivity index (χ4n) is 2.09. The van der Waals surface area contributed by atoms with Crippen LogP contribution >= 0.6 is 23.1 Å². The van der Waals surface area contributed by atoms with E-state index in [4.69, 9.17) is 0 Å². The maximum atomic E-state index is 13.5. The van der Waals surface area contributed by atoms with Crippen LogP contribution < -0.4 is 9.62 Å². The van der Waals surface area contributed by atoms with Gasteiger partial charge in [0, 0.05) is 11.8 Å². The monoisotopic (exact) mass is 434 g/mol. The molecule has 0 radical (unpaired) electrons. The summed E-state index contributed by atoms with van der Waals surface area (Å²) in [6.07, 6.45) is 2.56. The third-order valence-electron chi connectivity index (χ3n) is 3.21. The van der Waals surface area contributed by atoms with Crippen molar-refractivity contribution in [1.29, 1.82) is 0 Å². The Morgan fingerprint density at radius 1 is 1.41 bits per heavy atom. The van der Waals surface area contributed by atoms with Crippen molar-refractivity contribution in [2.45, 2.75) is 17.3 Å². The molecule has 1 aromatic heterocycles. The van der Waals surface area contributed by atoms with Crippen molar-refractivity contribution in [3.8, 4) is 0 Å². The lowest BCUT2D eigenvalue weighted by molar-refractivity contribution is -0.116. The highest BCUT2D eigenvalue weighted by molar-refractivity contribution is 8.01. The molecule has 0 saturated heterocycles. The summed E-state index contributed by atoms with van der Waals surface area (Å²) in [7, 11) is -3.96. The van der Waals surface area contributed by atoms with E-state index in [1.54, 1.807) is 6.08 Å². The number of rotatable bonds is 8. The van der Waals surface area contributed by atoms with Crippen LogP contribution in [0.4, 0.5) is 19.6 Å². The average molecular weight is 435 g/mol. The Balaban J connectivity index is 2.23. The zero-order valence-corrected chi connectivity index (χ0v) is 16.8. The lowest BCUT2D eigenvalue weighted by Crippen LogP contribution is -2.45. The molecule has 2 aromatic rings. The molecular weight excluding hydrogens is 418 g/mol. The van der Waals surface area contributed by atoms with Crippen molar-refractivity contribution in [1.82, 2.24) is 10.2 Å². The third-order valence-corrected chi connectivity index (χ3v) is 6.42. The molecule has 0 aliphatic rings. The highest BCUT2D eigenvalue weighted by Crippen LogP contribution is 2.27. The Morgan fingerprint density at radius 2 is 2.11 bits per heavy atom. The van der Waals surface area contributed by atoms with Crippen LogP contribution in [0.15, 0.2) is 35.2 Å². The van der Waals surface area contributed by atoms with Crippen molar-refractivity contribution in [2.24, 2.45) is 0 Å². The van der Waals surface area contributed by atoms with Gasteiger partial charge in [-0.3, -0.25) is 14.4 Å². The summed E-state index contributed by atoms with van der Waals surface area (Å²) in [5.74, 6) is -2.41. The predicted molar refractivity (Wildman–Crippen MR) is 103 cm³/mol. The van der Waals surface area contributed by atoms with Gasteiger partial charge in [0.05, 0.1) is 11.9 Å². The van der Waals surface area contributed by atoms with Gasteiger partial charge >= 0.3 is 0 Å². The van der Waals surface area contributed by atoms with Gasteiger partial charge in [-0.15, -0.1) is 16.8 Å². The number of thioether (sulfide) groups is 1. The van der Waals surface area contributed by atoms with E-state index in [1.165, 1.54) is 18.7 Å². The Hall–Kier alpha value is -2.05. The largest absolute Gasteiger partial charge is 0.299 e. The number of hydrogen-bond donors (Lipinski definition) is 1. The number of anilines is 2. The van der Waals surface area contributed by atoms with Crippen LogP contribution in [0.25, 0.3) is 0 Å². The lowest BCUT2D eigenvalue weighted by Gasteiger charge is -2.27. The zero-order chi connectivity index (χ0) is 20.2. The van der Waals surface area contributed by atoms with E-state index in [2.05, 4.69) is 22.1 Å². The molecule has 7 nitrogen and oxygen atoms in total.